The van der Waals surface area contributed by atoms with Gasteiger partial charge in [0.05, 0.1) is 22.1 Å². The fourth-order valence-electron chi connectivity index (χ4n) is 8.66. The molecule has 1 aliphatic carbocycles. The van der Waals surface area contributed by atoms with Gasteiger partial charge in [-0.3, -0.25) is 0 Å². The number of hydrogen-bond acceptors (Lipinski definition) is 0. The van der Waals surface area contributed by atoms with E-state index in [9.17, 15) is 0 Å². The number of aromatic nitrogens is 2. The van der Waals surface area contributed by atoms with Crippen molar-refractivity contribution in [2.45, 2.75) is 6.42 Å². The molecule has 2 heteroatoms. The van der Waals surface area contributed by atoms with Gasteiger partial charge in [0, 0.05) is 32.9 Å². The number of benzene rings is 8. The summed E-state index contributed by atoms with van der Waals surface area (Å²) in [5.74, 6) is 0. The molecule has 10 aromatic rings. The first-order chi connectivity index (χ1) is 25.3. The van der Waals surface area contributed by atoms with Crippen LogP contribution < -0.4 is 0 Å². The highest BCUT2D eigenvalue weighted by molar-refractivity contribution is 6.12. The van der Waals surface area contributed by atoms with Gasteiger partial charge in [-0.15, -0.1) is 0 Å². The van der Waals surface area contributed by atoms with Gasteiger partial charge in [0.15, 0.2) is 0 Å². The van der Waals surface area contributed by atoms with E-state index in [0.717, 1.165) is 6.42 Å². The van der Waals surface area contributed by atoms with Crippen LogP contribution in [0.25, 0.3) is 88.4 Å². The van der Waals surface area contributed by atoms with Crippen molar-refractivity contribution in [2.75, 3.05) is 0 Å². The van der Waals surface area contributed by atoms with E-state index >= 15 is 0 Å². The average molecular weight is 649 g/mol. The van der Waals surface area contributed by atoms with Crippen LogP contribution in [0.2, 0.25) is 0 Å². The Bertz CT molecular complexity index is 2980. The van der Waals surface area contributed by atoms with Crippen molar-refractivity contribution in [2.24, 2.45) is 0 Å². The van der Waals surface area contributed by atoms with Crippen molar-refractivity contribution in [3.05, 3.63) is 193 Å². The number of hydrogen-bond donors (Lipinski definition) is 0. The van der Waals surface area contributed by atoms with Crippen molar-refractivity contribution >= 4 is 43.6 Å². The van der Waals surface area contributed by atoms with Crippen LogP contribution in [0.1, 0.15) is 11.1 Å². The summed E-state index contributed by atoms with van der Waals surface area (Å²) in [5, 5.41) is 5.08. The molecule has 0 bridgehead atoms. The topological polar surface area (TPSA) is 9.86 Å². The van der Waals surface area contributed by atoms with Crippen LogP contribution in [0.5, 0.6) is 0 Å². The third-order valence-electron chi connectivity index (χ3n) is 10.9. The Balaban J connectivity index is 1.14. The molecule has 1 aliphatic rings. The smallest absolute Gasteiger partial charge is 0.0541 e. The Hall–Kier alpha value is -6.64. The second-order valence-corrected chi connectivity index (χ2v) is 13.7. The Morgan fingerprint density at radius 1 is 0.314 bits per heavy atom. The molecule has 0 aliphatic heterocycles. The maximum Gasteiger partial charge on any atom is 0.0541 e. The molecular formula is C49H32N2. The molecule has 0 amide bonds. The lowest BCUT2D eigenvalue weighted by atomic mass is 9.90. The standard InChI is InChI=1S/C49H32N2/c1-3-14-36(15-4-1)50-46-21-11-9-19-39(46)44-27-32(23-25-48(44)50)35-30-41(43-28-33-13-7-8-18-38(33)42(43)31-35)34-24-26-49-45(29-34)40-20-10-12-22-47(40)51(49)37-16-5-2-6-17-37/h1-27,29-31H,28H2. The highest BCUT2D eigenvalue weighted by Gasteiger charge is 2.24. The van der Waals surface area contributed by atoms with Crippen molar-refractivity contribution in [1.82, 2.24) is 9.13 Å². The second-order valence-electron chi connectivity index (χ2n) is 13.7. The fourth-order valence-corrected chi connectivity index (χ4v) is 8.66. The summed E-state index contributed by atoms with van der Waals surface area (Å²) in [6, 6.07) is 66.9. The summed E-state index contributed by atoms with van der Waals surface area (Å²) in [6.07, 6.45) is 0.939. The van der Waals surface area contributed by atoms with Crippen LogP contribution in [-0.2, 0) is 6.42 Å². The number of rotatable bonds is 4. The fraction of sp³-hybridized carbons (Fsp3) is 0.0204. The van der Waals surface area contributed by atoms with Crippen molar-refractivity contribution in [3.8, 4) is 44.8 Å². The average Bonchev–Trinajstić information content (AvgIpc) is 3.85. The Labute approximate surface area is 296 Å². The van der Waals surface area contributed by atoms with Gasteiger partial charge in [-0.05, 0) is 124 Å². The van der Waals surface area contributed by atoms with E-state index in [1.807, 2.05) is 0 Å². The van der Waals surface area contributed by atoms with Crippen molar-refractivity contribution in [1.29, 1.82) is 0 Å². The summed E-state index contributed by atoms with van der Waals surface area (Å²) >= 11 is 0. The zero-order valence-corrected chi connectivity index (χ0v) is 27.9. The molecule has 0 saturated carbocycles. The van der Waals surface area contributed by atoms with Gasteiger partial charge in [0.25, 0.3) is 0 Å². The minimum atomic E-state index is 0.939. The number of fused-ring (bicyclic) bond motifs is 9. The van der Waals surface area contributed by atoms with Gasteiger partial charge >= 0.3 is 0 Å². The van der Waals surface area contributed by atoms with Crippen LogP contribution in [0.15, 0.2) is 182 Å². The lowest BCUT2D eigenvalue weighted by Gasteiger charge is -2.14. The Kier molecular flexibility index (Phi) is 6.05. The molecule has 0 unspecified atom stereocenters. The van der Waals surface area contributed by atoms with Crippen LogP contribution >= 0.6 is 0 Å². The SMILES string of the molecule is c1ccc(-n2c3ccccc3c3cc(-c4cc(-c5ccc6c(c5)c5ccccc5n6-c5ccccc5)c5c(c4)-c4ccccc4C5)ccc32)cc1. The molecule has 0 atom stereocenters. The highest BCUT2D eigenvalue weighted by atomic mass is 15.0. The maximum absolute atomic E-state index is 2.44. The lowest BCUT2D eigenvalue weighted by Crippen LogP contribution is -1.94. The summed E-state index contributed by atoms with van der Waals surface area (Å²) in [7, 11) is 0. The molecule has 0 radical (unpaired) electrons. The number of nitrogens with zero attached hydrogens (tertiary/aromatic N) is 2. The van der Waals surface area contributed by atoms with Crippen LogP contribution in [0.3, 0.4) is 0 Å². The molecule has 51 heavy (non-hydrogen) atoms. The van der Waals surface area contributed by atoms with E-state index < -0.39 is 0 Å². The molecule has 11 rings (SSSR count). The first-order valence-corrected chi connectivity index (χ1v) is 17.7. The van der Waals surface area contributed by atoms with E-state index in [-0.39, 0.29) is 0 Å². The molecule has 0 spiro atoms. The van der Waals surface area contributed by atoms with Crippen LogP contribution in [0.4, 0.5) is 0 Å². The first kappa shape index (κ1) is 28.2. The van der Waals surface area contributed by atoms with Crippen molar-refractivity contribution in [3.63, 3.8) is 0 Å². The second kappa shape index (κ2) is 10.9. The summed E-state index contributed by atoms with van der Waals surface area (Å²) in [5.41, 5.74) is 17.8. The minimum absolute atomic E-state index is 0.939. The summed E-state index contributed by atoms with van der Waals surface area (Å²) < 4.78 is 4.78. The number of para-hydroxylation sites is 4. The first-order valence-electron chi connectivity index (χ1n) is 17.7. The normalized spacial score (nSPS) is 12.2. The van der Waals surface area contributed by atoms with E-state index in [1.54, 1.807) is 0 Å². The largest absolute Gasteiger partial charge is 0.309 e. The molecule has 0 fully saturated rings. The maximum atomic E-state index is 2.44. The van der Waals surface area contributed by atoms with Gasteiger partial charge in [-0.2, -0.15) is 0 Å². The third-order valence-corrected chi connectivity index (χ3v) is 10.9. The zero-order chi connectivity index (χ0) is 33.5. The summed E-state index contributed by atoms with van der Waals surface area (Å²) in [6.45, 7) is 0. The Morgan fingerprint density at radius 2 is 0.804 bits per heavy atom. The van der Waals surface area contributed by atoms with E-state index in [0.29, 0.717) is 0 Å². The van der Waals surface area contributed by atoms with Gasteiger partial charge in [-0.1, -0.05) is 109 Å². The Morgan fingerprint density at radius 3 is 1.45 bits per heavy atom. The minimum Gasteiger partial charge on any atom is -0.309 e. The molecule has 2 aromatic heterocycles. The van der Waals surface area contributed by atoms with Crippen LogP contribution in [0, 0.1) is 0 Å². The molecule has 238 valence electrons. The van der Waals surface area contributed by atoms with Gasteiger partial charge in [-0.25, -0.2) is 0 Å². The molecule has 8 aromatic carbocycles. The molecule has 0 N–H and O–H groups in total. The molecule has 2 heterocycles. The van der Waals surface area contributed by atoms with E-state index in [2.05, 4.69) is 191 Å². The van der Waals surface area contributed by atoms with Gasteiger partial charge in [0.2, 0.25) is 0 Å². The predicted molar refractivity (Wildman–Crippen MR) is 214 cm³/mol. The van der Waals surface area contributed by atoms with E-state index in [1.165, 1.54) is 99.5 Å². The highest BCUT2D eigenvalue weighted by Crippen LogP contribution is 2.46. The monoisotopic (exact) mass is 648 g/mol. The third kappa shape index (κ3) is 4.23. The molecular weight excluding hydrogens is 617 g/mol. The molecule has 0 saturated heterocycles. The lowest BCUT2D eigenvalue weighted by molar-refractivity contribution is 1.18. The van der Waals surface area contributed by atoms with Crippen LogP contribution in [-0.4, -0.2) is 9.13 Å². The summed E-state index contributed by atoms with van der Waals surface area (Å²) in [4.78, 5) is 0. The van der Waals surface area contributed by atoms with E-state index in [4.69, 9.17) is 0 Å². The van der Waals surface area contributed by atoms with Gasteiger partial charge < -0.3 is 9.13 Å². The quantitative estimate of drug-likeness (QED) is 0.180. The van der Waals surface area contributed by atoms with Crippen molar-refractivity contribution < 1.29 is 0 Å². The molecule has 2 nitrogen and oxygen atoms in total. The zero-order valence-electron chi connectivity index (χ0n) is 27.9. The van der Waals surface area contributed by atoms with Gasteiger partial charge in [0.1, 0.15) is 0 Å². The predicted octanol–water partition coefficient (Wildman–Crippen LogP) is 12.8.